The molecule has 0 bridgehead atoms. The number of aromatic nitrogens is 2. The van der Waals surface area contributed by atoms with Gasteiger partial charge in [-0.05, 0) is 29.7 Å². The van der Waals surface area contributed by atoms with E-state index in [1.54, 1.807) is 6.21 Å². The molecule has 148 valence electrons. The van der Waals surface area contributed by atoms with E-state index in [1.165, 1.54) is 29.5 Å². The van der Waals surface area contributed by atoms with Crippen LogP contribution in [-0.2, 0) is 4.79 Å². The lowest BCUT2D eigenvalue weighted by Gasteiger charge is -2.22. The van der Waals surface area contributed by atoms with E-state index in [9.17, 15) is 13.6 Å². The van der Waals surface area contributed by atoms with Gasteiger partial charge < -0.3 is 4.74 Å². The van der Waals surface area contributed by atoms with Gasteiger partial charge >= 0.3 is 0 Å². The first-order chi connectivity index (χ1) is 14.0. The molecule has 0 radical (unpaired) electrons. The summed E-state index contributed by atoms with van der Waals surface area (Å²) in [7, 11) is 0. The van der Waals surface area contributed by atoms with Crippen LogP contribution in [0.15, 0.2) is 47.8 Å². The molecule has 9 heteroatoms. The third-order valence-corrected chi connectivity index (χ3v) is 4.21. The maximum Gasteiger partial charge on any atom is 0.243 e. The molecule has 1 aliphatic heterocycles. The van der Waals surface area contributed by atoms with Crippen molar-refractivity contribution in [2.75, 3.05) is 6.61 Å². The van der Waals surface area contributed by atoms with Crippen molar-refractivity contribution in [2.45, 2.75) is 25.3 Å². The van der Waals surface area contributed by atoms with Gasteiger partial charge in [-0.25, -0.2) is 23.8 Å². The summed E-state index contributed by atoms with van der Waals surface area (Å²) in [4.78, 5) is 20.3. The molecule has 2 aromatic rings. The number of carbonyl (C=O) groups is 1. The standard InChI is InChI=1S/C20H17F2N5O2/c1-13(12-29-19-11-24-17(9-23)10-25-19)2-3-20(28)27-18(4-5-26-27)14-6-15(21)8-16(22)7-14/h5-8,10-11,18H,1-4,12H2. The minimum Gasteiger partial charge on any atom is -0.472 e. The Balaban J connectivity index is 1.51. The first-order valence-electron chi connectivity index (χ1n) is 8.78. The van der Waals surface area contributed by atoms with Crippen molar-refractivity contribution < 1.29 is 18.3 Å². The smallest absolute Gasteiger partial charge is 0.243 e. The van der Waals surface area contributed by atoms with Gasteiger partial charge in [-0.3, -0.25) is 4.79 Å². The van der Waals surface area contributed by atoms with Crippen LogP contribution in [0.3, 0.4) is 0 Å². The molecule has 1 aliphatic rings. The van der Waals surface area contributed by atoms with Crippen LogP contribution in [0.5, 0.6) is 5.88 Å². The number of hydrogen-bond donors (Lipinski definition) is 0. The van der Waals surface area contributed by atoms with E-state index in [0.29, 0.717) is 24.0 Å². The van der Waals surface area contributed by atoms with Gasteiger partial charge in [0.1, 0.15) is 24.3 Å². The fourth-order valence-corrected chi connectivity index (χ4v) is 2.79. The number of amides is 1. The number of hydrazone groups is 1. The molecule has 2 heterocycles. The highest BCUT2D eigenvalue weighted by Crippen LogP contribution is 2.30. The lowest BCUT2D eigenvalue weighted by atomic mass is 10.0. The van der Waals surface area contributed by atoms with Gasteiger partial charge in [-0.2, -0.15) is 10.4 Å². The predicted octanol–water partition coefficient (Wildman–Crippen LogP) is 3.30. The summed E-state index contributed by atoms with van der Waals surface area (Å²) >= 11 is 0. The summed E-state index contributed by atoms with van der Waals surface area (Å²) < 4.78 is 32.4. The van der Waals surface area contributed by atoms with E-state index in [2.05, 4.69) is 21.6 Å². The minimum atomic E-state index is -0.698. The number of nitrogens with zero attached hydrogens (tertiary/aromatic N) is 5. The van der Waals surface area contributed by atoms with Crippen LogP contribution in [-0.4, -0.2) is 33.7 Å². The van der Waals surface area contributed by atoms with Crippen molar-refractivity contribution in [3.8, 4) is 11.9 Å². The Morgan fingerprint density at radius 2 is 2.00 bits per heavy atom. The van der Waals surface area contributed by atoms with E-state index in [0.717, 1.165) is 6.07 Å². The molecule has 1 aromatic heterocycles. The van der Waals surface area contributed by atoms with Crippen LogP contribution in [0.1, 0.15) is 36.6 Å². The Kier molecular flexibility index (Phi) is 6.24. The number of carbonyl (C=O) groups excluding carboxylic acids is 1. The van der Waals surface area contributed by atoms with Crippen molar-refractivity contribution >= 4 is 12.1 Å². The van der Waals surface area contributed by atoms with E-state index in [4.69, 9.17) is 10.00 Å². The zero-order valence-corrected chi connectivity index (χ0v) is 15.4. The maximum absolute atomic E-state index is 13.5. The molecule has 0 saturated heterocycles. The second-order valence-corrected chi connectivity index (χ2v) is 6.38. The molecule has 0 N–H and O–H groups in total. The van der Waals surface area contributed by atoms with Crippen molar-refractivity contribution in [3.63, 3.8) is 0 Å². The number of ether oxygens (including phenoxy) is 1. The third-order valence-electron chi connectivity index (χ3n) is 4.21. The molecule has 0 spiro atoms. The monoisotopic (exact) mass is 397 g/mol. The van der Waals surface area contributed by atoms with Gasteiger partial charge in [0.2, 0.25) is 11.8 Å². The van der Waals surface area contributed by atoms with Crippen LogP contribution in [0, 0.1) is 23.0 Å². The summed E-state index contributed by atoms with van der Waals surface area (Å²) in [5.74, 6) is -1.44. The SMILES string of the molecule is C=C(CCC(=O)N1N=CCC1c1cc(F)cc(F)c1)COc1cnc(C#N)cn1. The van der Waals surface area contributed by atoms with E-state index < -0.39 is 17.7 Å². The molecular weight excluding hydrogens is 380 g/mol. The predicted molar refractivity (Wildman–Crippen MR) is 99.7 cm³/mol. The number of benzene rings is 1. The van der Waals surface area contributed by atoms with E-state index in [1.807, 2.05) is 6.07 Å². The molecule has 1 aromatic carbocycles. The Morgan fingerprint density at radius 3 is 2.66 bits per heavy atom. The lowest BCUT2D eigenvalue weighted by molar-refractivity contribution is -0.133. The van der Waals surface area contributed by atoms with Crippen molar-refractivity contribution in [2.24, 2.45) is 5.10 Å². The summed E-state index contributed by atoms with van der Waals surface area (Å²) in [5, 5.41) is 14.0. The zero-order chi connectivity index (χ0) is 20.8. The van der Waals surface area contributed by atoms with Gasteiger partial charge in [0.05, 0.1) is 18.4 Å². The van der Waals surface area contributed by atoms with Gasteiger partial charge in [0, 0.05) is 25.1 Å². The molecule has 7 nitrogen and oxygen atoms in total. The fourth-order valence-electron chi connectivity index (χ4n) is 2.79. The summed E-state index contributed by atoms with van der Waals surface area (Å²) in [6.07, 6.45) is 5.02. The Morgan fingerprint density at radius 1 is 1.24 bits per heavy atom. The zero-order valence-electron chi connectivity index (χ0n) is 15.4. The van der Waals surface area contributed by atoms with E-state index in [-0.39, 0.29) is 30.5 Å². The van der Waals surface area contributed by atoms with Crippen LogP contribution in [0.2, 0.25) is 0 Å². The fraction of sp³-hybridized carbons (Fsp3) is 0.250. The number of nitriles is 1. The van der Waals surface area contributed by atoms with Gasteiger partial charge in [-0.15, -0.1) is 0 Å². The number of hydrogen-bond acceptors (Lipinski definition) is 6. The van der Waals surface area contributed by atoms with Crippen molar-refractivity contribution in [1.29, 1.82) is 5.26 Å². The average molecular weight is 397 g/mol. The molecule has 1 unspecified atom stereocenters. The highest BCUT2D eigenvalue weighted by Gasteiger charge is 2.28. The van der Waals surface area contributed by atoms with Gasteiger partial charge in [-0.1, -0.05) is 6.58 Å². The largest absolute Gasteiger partial charge is 0.472 e. The Bertz CT molecular complexity index is 965. The molecule has 0 aliphatic carbocycles. The molecule has 3 rings (SSSR count). The third kappa shape index (κ3) is 5.19. The highest BCUT2D eigenvalue weighted by atomic mass is 19.1. The molecule has 0 saturated carbocycles. The second-order valence-electron chi connectivity index (χ2n) is 6.38. The normalized spacial score (nSPS) is 15.2. The van der Waals surface area contributed by atoms with Crippen molar-refractivity contribution in [1.82, 2.24) is 15.0 Å². The van der Waals surface area contributed by atoms with Gasteiger partial charge in [0.25, 0.3) is 0 Å². The maximum atomic E-state index is 13.5. The first-order valence-corrected chi connectivity index (χ1v) is 8.78. The minimum absolute atomic E-state index is 0.118. The van der Waals surface area contributed by atoms with Crippen LogP contribution >= 0.6 is 0 Å². The van der Waals surface area contributed by atoms with Crippen LogP contribution < -0.4 is 4.74 Å². The van der Waals surface area contributed by atoms with Crippen LogP contribution in [0.25, 0.3) is 0 Å². The second kappa shape index (κ2) is 9.01. The summed E-state index contributed by atoms with van der Waals surface area (Å²) in [5.41, 5.74) is 1.19. The summed E-state index contributed by atoms with van der Waals surface area (Å²) in [6, 6.07) is 4.51. The highest BCUT2D eigenvalue weighted by molar-refractivity contribution is 5.80. The van der Waals surface area contributed by atoms with Gasteiger partial charge in [0.15, 0.2) is 5.69 Å². The lowest BCUT2D eigenvalue weighted by Crippen LogP contribution is -2.27. The molecule has 1 amide bonds. The Labute approximate surface area is 166 Å². The Hall–Kier alpha value is -3.67. The molecule has 0 fully saturated rings. The number of halogens is 2. The first kappa shape index (κ1) is 20.1. The summed E-state index contributed by atoms with van der Waals surface area (Å²) in [6.45, 7) is 4.00. The molecular formula is C20H17F2N5O2. The van der Waals surface area contributed by atoms with Crippen molar-refractivity contribution in [3.05, 3.63) is 65.6 Å². The topological polar surface area (TPSA) is 91.5 Å². The van der Waals surface area contributed by atoms with E-state index >= 15 is 0 Å². The molecule has 29 heavy (non-hydrogen) atoms. The average Bonchev–Trinajstić information content (AvgIpc) is 3.20. The number of rotatable bonds is 7. The molecule has 1 atom stereocenters. The quantitative estimate of drug-likeness (QED) is 0.669. The van der Waals surface area contributed by atoms with Crippen LogP contribution in [0.4, 0.5) is 8.78 Å².